The number of hydrogen-bond acceptors (Lipinski definition) is 3. The van der Waals surface area contributed by atoms with Crippen LogP contribution in [0.3, 0.4) is 0 Å². The molecule has 0 spiro atoms. The number of halogens is 1. The van der Waals surface area contributed by atoms with Crippen LogP contribution in [0.2, 0.25) is 0 Å². The molecule has 0 amide bonds. The first-order valence-electron chi connectivity index (χ1n) is 7.28. The highest BCUT2D eigenvalue weighted by Crippen LogP contribution is 2.28. The van der Waals surface area contributed by atoms with E-state index < -0.39 is 10.0 Å². The number of rotatable bonds is 9. The van der Waals surface area contributed by atoms with E-state index in [-0.39, 0.29) is 0 Å². The van der Waals surface area contributed by atoms with E-state index in [2.05, 4.69) is 0 Å². The first-order chi connectivity index (χ1) is 9.98. The van der Waals surface area contributed by atoms with Crippen molar-refractivity contribution in [2.45, 2.75) is 37.1 Å². The summed E-state index contributed by atoms with van der Waals surface area (Å²) in [5, 5.41) is 0. The van der Waals surface area contributed by atoms with E-state index in [1.54, 1.807) is 19.3 Å². The average molecular weight is 335 g/mol. The second kappa shape index (κ2) is 7.13. The van der Waals surface area contributed by atoms with E-state index in [4.69, 9.17) is 16.3 Å². The maximum Gasteiger partial charge on any atom is 0.244 e. The summed E-state index contributed by atoms with van der Waals surface area (Å²) in [6, 6.07) is 1.65. The minimum absolute atomic E-state index is 0.296. The Morgan fingerprint density at radius 3 is 2.71 bits per heavy atom. The van der Waals surface area contributed by atoms with Crippen molar-refractivity contribution in [3.63, 3.8) is 0 Å². The summed E-state index contributed by atoms with van der Waals surface area (Å²) in [6.45, 7) is 4.20. The third-order valence-corrected chi connectivity index (χ3v) is 5.84. The molecule has 0 aliphatic heterocycles. The fourth-order valence-corrected chi connectivity index (χ4v) is 3.55. The zero-order chi connectivity index (χ0) is 15.5. The lowest BCUT2D eigenvalue weighted by atomic mass is 10.5. The molecular weight excluding hydrogens is 312 g/mol. The Balaban J connectivity index is 1.96. The molecule has 1 aliphatic rings. The van der Waals surface area contributed by atoms with E-state index in [0.717, 1.165) is 12.3 Å². The van der Waals surface area contributed by atoms with E-state index in [1.807, 2.05) is 11.5 Å². The van der Waals surface area contributed by atoms with Gasteiger partial charge in [0, 0.05) is 38.6 Å². The Bertz CT molecular complexity index is 545. The van der Waals surface area contributed by atoms with Crippen LogP contribution in [-0.2, 0) is 27.2 Å². The average Bonchev–Trinajstić information content (AvgIpc) is 3.19. The number of ether oxygens (including phenoxy) is 1. The van der Waals surface area contributed by atoms with Crippen molar-refractivity contribution >= 4 is 21.6 Å². The van der Waals surface area contributed by atoms with Gasteiger partial charge >= 0.3 is 0 Å². The summed E-state index contributed by atoms with van der Waals surface area (Å²) >= 11 is 5.84. The van der Waals surface area contributed by atoms with Crippen molar-refractivity contribution in [2.75, 3.05) is 26.8 Å². The summed E-state index contributed by atoms with van der Waals surface area (Å²) in [7, 11) is -1.89. The molecule has 0 N–H and O–H groups in total. The second-order valence-corrected chi connectivity index (χ2v) is 7.74. The molecule has 1 heterocycles. The van der Waals surface area contributed by atoms with Crippen LogP contribution in [0.25, 0.3) is 0 Å². The van der Waals surface area contributed by atoms with Crippen LogP contribution >= 0.6 is 11.6 Å². The molecule has 1 aliphatic carbocycles. The maximum atomic E-state index is 12.5. The molecule has 0 atom stereocenters. The van der Waals surface area contributed by atoms with Crippen molar-refractivity contribution in [3.05, 3.63) is 18.0 Å². The number of nitrogens with zero attached hydrogens (tertiary/aromatic N) is 2. The second-order valence-electron chi connectivity index (χ2n) is 5.43. The molecule has 0 bridgehead atoms. The van der Waals surface area contributed by atoms with Gasteiger partial charge < -0.3 is 9.30 Å². The number of hydrogen-bond donors (Lipinski definition) is 0. The molecule has 0 unspecified atom stereocenters. The highest BCUT2D eigenvalue weighted by atomic mass is 35.5. The number of aromatic nitrogens is 1. The standard InChI is InChI=1S/C14H23ClN2O3S/c1-3-17-10-14(8-13(17)9-15)21(18,19)16(2)6-7-20-11-12-4-5-12/h8,10,12H,3-7,9,11H2,1-2H3. The van der Waals surface area contributed by atoms with Gasteiger partial charge in [-0.1, -0.05) is 0 Å². The number of sulfonamides is 1. The van der Waals surface area contributed by atoms with Crippen LogP contribution in [0.15, 0.2) is 17.2 Å². The fourth-order valence-electron chi connectivity index (χ4n) is 2.10. The summed E-state index contributed by atoms with van der Waals surface area (Å²) in [5.74, 6) is 0.995. The van der Waals surface area contributed by atoms with Crippen LogP contribution in [0.4, 0.5) is 0 Å². The maximum absolute atomic E-state index is 12.5. The Morgan fingerprint density at radius 2 is 2.19 bits per heavy atom. The lowest BCUT2D eigenvalue weighted by Crippen LogP contribution is -2.30. The predicted molar refractivity (Wildman–Crippen MR) is 83.0 cm³/mol. The minimum atomic E-state index is -3.47. The zero-order valence-corrected chi connectivity index (χ0v) is 14.2. The first kappa shape index (κ1) is 16.8. The SMILES string of the molecule is CCn1cc(S(=O)(=O)N(C)CCOCC2CC2)cc1CCl. The zero-order valence-electron chi connectivity index (χ0n) is 12.6. The molecular formula is C14H23ClN2O3S. The molecule has 1 aromatic rings. The van der Waals surface area contributed by atoms with Crippen molar-refractivity contribution in [3.8, 4) is 0 Å². The summed E-state index contributed by atoms with van der Waals surface area (Å²) < 4.78 is 33.7. The van der Waals surface area contributed by atoms with Gasteiger partial charge in [-0.3, -0.25) is 0 Å². The minimum Gasteiger partial charge on any atom is -0.380 e. The van der Waals surface area contributed by atoms with E-state index in [1.165, 1.54) is 17.1 Å². The largest absolute Gasteiger partial charge is 0.380 e. The monoisotopic (exact) mass is 334 g/mol. The summed E-state index contributed by atoms with van der Waals surface area (Å²) in [6.07, 6.45) is 4.12. The number of alkyl halides is 1. The summed E-state index contributed by atoms with van der Waals surface area (Å²) in [5.41, 5.74) is 0.816. The highest BCUT2D eigenvalue weighted by Gasteiger charge is 2.24. The van der Waals surface area contributed by atoms with Crippen molar-refractivity contribution in [2.24, 2.45) is 5.92 Å². The fraction of sp³-hybridized carbons (Fsp3) is 0.714. The molecule has 0 radical (unpaired) electrons. The van der Waals surface area contributed by atoms with Gasteiger partial charge in [-0.05, 0) is 31.7 Å². The Labute approximate surface area is 131 Å². The molecule has 0 saturated heterocycles. The van der Waals surface area contributed by atoms with Crippen LogP contribution in [0.1, 0.15) is 25.5 Å². The number of aryl methyl sites for hydroxylation is 1. The summed E-state index contributed by atoms with van der Waals surface area (Å²) in [4.78, 5) is 0.296. The molecule has 1 fully saturated rings. The smallest absolute Gasteiger partial charge is 0.244 e. The quantitative estimate of drug-likeness (QED) is 0.514. The Hall–Kier alpha value is -0.560. The Kier molecular flexibility index (Phi) is 5.71. The molecule has 120 valence electrons. The highest BCUT2D eigenvalue weighted by molar-refractivity contribution is 7.89. The number of likely N-dealkylation sites (N-methyl/N-ethyl adjacent to an activating group) is 1. The van der Waals surface area contributed by atoms with Crippen LogP contribution in [0, 0.1) is 5.92 Å². The third-order valence-electron chi connectivity index (χ3n) is 3.75. The molecule has 2 rings (SSSR count). The lowest BCUT2D eigenvalue weighted by molar-refractivity contribution is 0.117. The van der Waals surface area contributed by atoms with Gasteiger partial charge in [-0.15, -0.1) is 11.6 Å². The van der Waals surface area contributed by atoms with E-state index in [9.17, 15) is 8.42 Å². The normalized spacial score (nSPS) is 15.8. The van der Waals surface area contributed by atoms with Crippen molar-refractivity contribution in [1.29, 1.82) is 0 Å². The van der Waals surface area contributed by atoms with Gasteiger partial charge in [0.05, 0.1) is 12.5 Å². The predicted octanol–water partition coefficient (Wildman–Crippen LogP) is 2.29. The van der Waals surface area contributed by atoms with Gasteiger partial charge in [-0.2, -0.15) is 4.31 Å². The molecule has 1 saturated carbocycles. The molecule has 7 heteroatoms. The molecule has 5 nitrogen and oxygen atoms in total. The van der Waals surface area contributed by atoms with Gasteiger partial charge in [-0.25, -0.2) is 8.42 Å². The third kappa shape index (κ3) is 4.22. The lowest BCUT2D eigenvalue weighted by Gasteiger charge is -2.16. The topological polar surface area (TPSA) is 51.5 Å². The van der Waals surface area contributed by atoms with Crippen LogP contribution in [0.5, 0.6) is 0 Å². The van der Waals surface area contributed by atoms with Crippen molar-refractivity contribution in [1.82, 2.24) is 8.87 Å². The first-order valence-corrected chi connectivity index (χ1v) is 9.25. The van der Waals surface area contributed by atoms with Gasteiger partial charge in [0.25, 0.3) is 0 Å². The van der Waals surface area contributed by atoms with E-state index >= 15 is 0 Å². The molecule has 0 aromatic carbocycles. The van der Waals surface area contributed by atoms with Gasteiger partial charge in [0.2, 0.25) is 10.0 Å². The van der Waals surface area contributed by atoms with E-state index in [0.29, 0.717) is 36.4 Å². The van der Waals surface area contributed by atoms with Crippen LogP contribution < -0.4 is 0 Å². The van der Waals surface area contributed by atoms with Gasteiger partial charge in [0.15, 0.2) is 0 Å². The molecule has 1 aromatic heterocycles. The molecule has 21 heavy (non-hydrogen) atoms. The van der Waals surface area contributed by atoms with Crippen molar-refractivity contribution < 1.29 is 13.2 Å². The van der Waals surface area contributed by atoms with Crippen LogP contribution in [-0.4, -0.2) is 44.1 Å². The van der Waals surface area contributed by atoms with Gasteiger partial charge in [0.1, 0.15) is 4.90 Å². The Morgan fingerprint density at radius 1 is 1.48 bits per heavy atom.